The molecule has 4 rings (SSSR count). The highest BCUT2D eigenvalue weighted by Gasteiger charge is 2.39. The quantitative estimate of drug-likeness (QED) is 0.484. The monoisotopic (exact) mass is 547 g/mol. The Hall–Kier alpha value is -2.43. The lowest BCUT2D eigenvalue weighted by atomic mass is 10.2. The highest BCUT2D eigenvalue weighted by molar-refractivity contribution is 9.10. The van der Waals surface area contributed by atoms with Gasteiger partial charge in [-0.15, -0.1) is 0 Å². The van der Waals surface area contributed by atoms with Crippen LogP contribution < -0.4 is 5.43 Å². The number of benzene rings is 2. The van der Waals surface area contributed by atoms with Crippen molar-refractivity contribution >= 4 is 61.5 Å². The van der Waals surface area contributed by atoms with Gasteiger partial charge in [0.25, 0.3) is 11.8 Å². The summed E-state index contributed by atoms with van der Waals surface area (Å²) in [6.45, 7) is -0.0413. The molecule has 1 fully saturated rings. The first-order valence-electron chi connectivity index (χ1n) is 8.85. The number of carbonyl (C=O) groups is 2. The third-order valence-electron chi connectivity index (χ3n) is 4.28. The second kappa shape index (κ2) is 9.15. The third-order valence-corrected chi connectivity index (χ3v) is 6.96. The zero-order valence-corrected chi connectivity index (χ0v) is 19.4. The van der Waals surface area contributed by atoms with Gasteiger partial charge in [0.05, 0.1) is 4.91 Å². The van der Waals surface area contributed by atoms with Gasteiger partial charge in [-0.25, -0.2) is 14.7 Å². The SMILES string of the molecule is O=C(Cn1cncn1)NN1C(=O)/C(=C/c2ccccc2Br)SC1c1ccccc1Br. The molecule has 1 atom stereocenters. The van der Waals surface area contributed by atoms with Crippen molar-refractivity contribution in [1.29, 1.82) is 0 Å². The van der Waals surface area contributed by atoms with E-state index in [-0.39, 0.29) is 18.4 Å². The van der Waals surface area contributed by atoms with Gasteiger partial charge >= 0.3 is 0 Å². The lowest BCUT2D eigenvalue weighted by Gasteiger charge is -2.24. The van der Waals surface area contributed by atoms with Crippen LogP contribution in [0.4, 0.5) is 0 Å². The van der Waals surface area contributed by atoms with E-state index in [9.17, 15) is 9.59 Å². The van der Waals surface area contributed by atoms with Crippen LogP contribution in [0.15, 0.2) is 75.0 Å². The summed E-state index contributed by atoms with van der Waals surface area (Å²) < 4.78 is 3.14. The molecular weight excluding hydrogens is 534 g/mol. The van der Waals surface area contributed by atoms with E-state index >= 15 is 0 Å². The van der Waals surface area contributed by atoms with Crippen molar-refractivity contribution in [3.05, 3.63) is 86.2 Å². The summed E-state index contributed by atoms with van der Waals surface area (Å²) in [4.78, 5) is 30.1. The molecule has 10 heteroatoms. The first-order valence-corrected chi connectivity index (χ1v) is 11.3. The van der Waals surface area contributed by atoms with Crippen LogP contribution in [0.2, 0.25) is 0 Å². The predicted molar refractivity (Wildman–Crippen MR) is 122 cm³/mol. The van der Waals surface area contributed by atoms with Crippen molar-refractivity contribution in [2.24, 2.45) is 0 Å². The topological polar surface area (TPSA) is 80.1 Å². The summed E-state index contributed by atoms with van der Waals surface area (Å²) in [6.07, 6.45) is 4.63. The Morgan fingerprint density at radius 1 is 1.13 bits per heavy atom. The number of halogens is 2. The van der Waals surface area contributed by atoms with E-state index in [1.54, 1.807) is 0 Å². The summed E-state index contributed by atoms with van der Waals surface area (Å²) in [7, 11) is 0. The number of amides is 2. The molecule has 1 saturated heterocycles. The van der Waals surface area contributed by atoms with Gasteiger partial charge in [-0.2, -0.15) is 5.10 Å². The Kier molecular flexibility index (Phi) is 6.35. The molecule has 30 heavy (non-hydrogen) atoms. The maximum Gasteiger partial charge on any atom is 0.280 e. The van der Waals surface area contributed by atoms with Crippen LogP contribution in [-0.4, -0.2) is 31.6 Å². The second-order valence-corrected chi connectivity index (χ2v) is 9.16. The summed E-state index contributed by atoms with van der Waals surface area (Å²) in [5, 5.41) is 4.89. The van der Waals surface area contributed by atoms with Gasteiger partial charge in [-0.1, -0.05) is 80.0 Å². The first kappa shape index (κ1) is 20.8. The van der Waals surface area contributed by atoms with Crippen LogP contribution in [0.3, 0.4) is 0 Å². The van der Waals surface area contributed by atoms with Crippen molar-refractivity contribution < 1.29 is 9.59 Å². The van der Waals surface area contributed by atoms with Crippen molar-refractivity contribution in [3.8, 4) is 0 Å². The van der Waals surface area contributed by atoms with Crippen LogP contribution in [0.25, 0.3) is 6.08 Å². The van der Waals surface area contributed by atoms with Gasteiger partial charge in [0.2, 0.25) is 0 Å². The maximum absolute atomic E-state index is 13.2. The minimum atomic E-state index is -0.415. The zero-order valence-electron chi connectivity index (χ0n) is 15.4. The molecule has 7 nitrogen and oxygen atoms in total. The largest absolute Gasteiger partial charge is 0.280 e. The van der Waals surface area contributed by atoms with Gasteiger partial charge in [0, 0.05) is 14.5 Å². The highest BCUT2D eigenvalue weighted by Crippen LogP contribution is 2.47. The summed E-state index contributed by atoms with van der Waals surface area (Å²) in [6, 6.07) is 15.3. The molecule has 0 radical (unpaired) electrons. The first-order chi connectivity index (χ1) is 14.5. The maximum atomic E-state index is 13.2. The lowest BCUT2D eigenvalue weighted by molar-refractivity contribution is -0.138. The van der Waals surface area contributed by atoms with Gasteiger partial charge in [0.1, 0.15) is 24.6 Å². The zero-order chi connectivity index (χ0) is 21.1. The van der Waals surface area contributed by atoms with Crippen LogP contribution in [0, 0.1) is 0 Å². The van der Waals surface area contributed by atoms with E-state index in [1.807, 2.05) is 54.6 Å². The Balaban J connectivity index is 1.65. The third kappa shape index (κ3) is 4.50. The molecule has 0 bridgehead atoms. The molecule has 0 spiro atoms. The van der Waals surface area contributed by atoms with Crippen LogP contribution in [0.1, 0.15) is 16.5 Å². The van der Waals surface area contributed by atoms with E-state index in [4.69, 9.17) is 0 Å². The number of rotatable bonds is 5. The fourth-order valence-electron chi connectivity index (χ4n) is 2.90. The summed E-state index contributed by atoms with van der Waals surface area (Å²) in [5.41, 5.74) is 4.50. The molecule has 2 amide bonds. The standard InChI is InChI=1S/C20H15Br2N5O2S/c21-15-7-3-1-5-13(15)9-17-19(29)27(25-18(28)10-26-12-23-11-24-26)20(30-17)14-6-2-4-8-16(14)22/h1-9,11-12,20H,10H2,(H,25,28)/b17-9-. The number of hydrogen-bond donors (Lipinski definition) is 1. The Morgan fingerprint density at radius 3 is 2.57 bits per heavy atom. The van der Waals surface area contributed by atoms with E-state index < -0.39 is 5.37 Å². The minimum Gasteiger partial charge on any atom is -0.271 e. The van der Waals surface area contributed by atoms with Crippen molar-refractivity contribution in [1.82, 2.24) is 25.2 Å². The fraction of sp³-hybridized carbons (Fsp3) is 0.100. The van der Waals surface area contributed by atoms with Gasteiger partial charge in [0.15, 0.2) is 0 Å². The fourth-order valence-corrected chi connectivity index (χ4v) is 5.17. The molecule has 1 aromatic heterocycles. The lowest BCUT2D eigenvalue weighted by Crippen LogP contribution is -2.45. The highest BCUT2D eigenvalue weighted by atomic mass is 79.9. The smallest absolute Gasteiger partial charge is 0.271 e. The van der Waals surface area contributed by atoms with Gasteiger partial charge in [-0.3, -0.25) is 15.0 Å². The van der Waals surface area contributed by atoms with Gasteiger partial charge in [-0.05, 0) is 23.8 Å². The van der Waals surface area contributed by atoms with Crippen molar-refractivity contribution in [3.63, 3.8) is 0 Å². The number of carbonyl (C=O) groups excluding carboxylic acids is 2. The van der Waals surface area contributed by atoms with Crippen molar-refractivity contribution in [2.45, 2.75) is 11.9 Å². The van der Waals surface area contributed by atoms with E-state index in [1.165, 1.54) is 34.1 Å². The Labute approximate surface area is 193 Å². The molecule has 0 saturated carbocycles. The molecule has 0 aliphatic carbocycles. The predicted octanol–water partition coefficient (Wildman–Crippen LogP) is 4.15. The number of hydrogen-bond acceptors (Lipinski definition) is 5. The number of hydrazine groups is 1. The summed E-state index contributed by atoms with van der Waals surface area (Å²) >= 11 is 8.45. The molecule has 1 aliphatic heterocycles. The van der Waals surface area contributed by atoms with E-state index in [0.29, 0.717) is 4.91 Å². The average Bonchev–Trinajstić information content (AvgIpc) is 3.34. The number of thioether (sulfide) groups is 1. The normalized spacial score (nSPS) is 17.5. The number of nitrogens with one attached hydrogen (secondary N) is 1. The Bertz CT molecular complexity index is 1120. The van der Waals surface area contributed by atoms with Crippen LogP contribution >= 0.6 is 43.6 Å². The molecule has 1 N–H and O–H groups in total. The van der Waals surface area contributed by atoms with E-state index in [2.05, 4.69) is 47.4 Å². The summed E-state index contributed by atoms with van der Waals surface area (Å²) in [5.74, 6) is -0.642. The van der Waals surface area contributed by atoms with Crippen molar-refractivity contribution in [2.75, 3.05) is 0 Å². The van der Waals surface area contributed by atoms with Gasteiger partial charge < -0.3 is 0 Å². The number of aromatic nitrogens is 3. The molecule has 1 aliphatic rings. The minimum absolute atomic E-state index is 0.0413. The molecule has 3 aromatic rings. The Morgan fingerprint density at radius 2 is 1.87 bits per heavy atom. The molecule has 2 aromatic carbocycles. The van der Waals surface area contributed by atoms with E-state index in [0.717, 1.165) is 20.1 Å². The molecule has 152 valence electrons. The van der Waals surface area contributed by atoms with Crippen LogP contribution in [0.5, 0.6) is 0 Å². The second-order valence-electron chi connectivity index (χ2n) is 6.33. The molecular formula is C20H15Br2N5O2S. The molecule has 2 heterocycles. The van der Waals surface area contributed by atoms with Crippen LogP contribution in [-0.2, 0) is 16.1 Å². The number of nitrogens with zero attached hydrogens (tertiary/aromatic N) is 4. The average molecular weight is 549 g/mol. The molecule has 1 unspecified atom stereocenters.